The maximum Gasteiger partial charge on any atom is 0.406 e. The number of carbonyl (C=O) groups is 1. The topological polar surface area (TPSA) is 57.0 Å². The predicted octanol–water partition coefficient (Wildman–Crippen LogP) is 3.87. The molecule has 26 heavy (non-hydrogen) atoms. The molecule has 3 rings (SSSR count). The number of benzene rings is 1. The average Bonchev–Trinajstić information content (AvgIpc) is 2.86. The molecule has 0 N–H and O–H groups in total. The van der Waals surface area contributed by atoms with Crippen molar-refractivity contribution in [2.45, 2.75) is 26.6 Å². The molecule has 0 unspecified atom stereocenters. The van der Waals surface area contributed by atoms with E-state index in [1.165, 1.54) is 26.2 Å². The summed E-state index contributed by atoms with van der Waals surface area (Å²) in [5.41, 5.74) is 1.52. The zero-order valence-electron chi connectivity index (χ0n) is 14.2. The molecule has 0 radical (unpaired) electrons. The SMILES string of the molecule is Cc1cc(C(=O)COc2ncnc3ccccc23)c(C)n1CC(F)(F)F. The molecule has 2 aromatic heterocycles. The second kappa shape index (κ2) is 6.78. The summed E-state index contributed by atoms with van der Waals surface area (Å²) in [7, 11) is 0. The van der Waals surface area contributed by atoms with Gasteiger partial charge in [-0.1, -0.05) is 12.1 Å². The summed E-state index contributed by atoms with van der Waals surface area (Å²) in [6, 6.07) is 8.62. The monoisotopic (exact) mass is 363 g/mol. The Morgan fingerprint density at radius 3 is 2.65 bits per heavy atom. The van der Waals surface area contributed by atoms with Crippen LogP contribution >= 0.6 is 0 Å². The molecule has 0 aliphatic heterocycles. The predicted molar refractivity (Wildman–Crippen MR) is 89.3 cm³/mol. The zero-order chi connectivity index (χ0) is 18.9. The highest BCUT2D eigenvalue weighted by atomic mass is 19.4. The Labute approximate surface area is 147 Å². The number of alkyl halides is 3. The molecule has 5 nitrogen and oxygen atoms in total. The van der Waals surface area contributed by atoms with Gasteiger partial charge in [0.15, 0.2) is 6.61 Å². The molecule has 0 atom stereocenters. The maximum atomic E-state index is 12.7. The molecule has 136 valence electrons. The van der Waals surface area contributed by atoms with E-state index in [1.807, 2.05) is 6.07 Å². The van der Waals surface area contributed by atoms with Gasteiger partial charge in [0.1, 0.15) is 12.9 Å². The third kappa shape index (κ3) is 3.68. The van der Waals surface area contributed by atoms with Gasteiger partial charge in [-0.25, -0.2) is 9.97 Å². The van der Waals surface area contributed by atoms with Crippen LogP contribution in [-0.2, 0) is 6.54 Å². The van der Waals surface area contributed by atoms with Crippen LogP contribution in [0.5, 0.6) is 5.88 Å². The molecule has 0 spiro atoms. The van der Waals surface area contributed by atoms with Crippen molar-refractivity contribution < 1.29 is 22.7 Å². The lowest BCUT2D eigenvalue weighted by molar-refractivity contribution is -0.141. The first kappa shape index (κ1) is 17.9. The van der Waals surface area contributed by atoms with Gasteiger partial charge in [-0.3, -0.25) is 4.79 Å². The van der Waals surface area contributed by atoms with Crippen molar-refractivity contribution in [2.24, 2.45) is 0 Å². The minimum atomic E-state index is -4.36. The molecule has 0 bridgehead atoms. The highest BCUT2D eigenvalue weighted by Crippen LogP contribution is 2.24. The number of hydrogen-bond donors (Lipinski definition) is 0. The smallest absolute Gasteiger partial charge is 0.406 e. The number of rotatable bonds is 5. The minimum Gasteiger partial charge on any atom is -0.469 e. The van der Waals surface area contributed by atoms with E-state index in [-0.39, 0.29) is 23.7 Å². The Kier molecular flexibility index (Phi) is 4.67. The molecule has 3 aromatic rings. The molecule has 1 aromatic carbocycles. The van der Waals surface area contributed by atoms with Crippen molar-refractivity contribution in [3.05, 3.63) is 53.6 Å². The minimum absolute atomic E-state index is 0.213. The van der Waals surface area contributed by atoms with Crippen molar-refractivity contribution in [3.8, 4) is 5.88 Å². The molecule has 2 heterocycles. The summed E-state index contributed by atoms with van der Waals surface area (Å²) in [6.45, 7) is 1.58. The van der Waals surface area contributed by atoms with E-state index in [4.69, 9.17) is 4.74 Å². The largest absolute Gasteiger partial charge is 0.469 e. The second-order valence-corrected chi connectivity index (χ2v) is 5.89. The first-order valence-electron chi connectivity index (χ1n) is 7.85. The third-order valence-corrected chi connectivity index (χ3v) is 4.06. The fourth-order valence-electron chi connectivity index (χ4n) is 2.81. The lowest BCUT2D eigenvalue weighted by Gasteiger charge is -2.12. The van der Waals surface area contributed by atoms with Gasteiger partial charge in [-0.15, -0.1) is 0 Å². The van der Waals surface area contributed by atoms with Gasteiger partial charge in [0.25, 0.3) is 0 Å². The Bertz CT molecular complexity index is 959. The molecular weight excluding hydrogens is 347 g/mol. The van der Waals surface area contributed by atoms with Gasteiger partial charge in [0.05, 0.1) is 10.9 Å². The lowest BCUT2D eigenvalue weighted by Crippen LogP contribution is -2.20. The van der Waals surface area contributed by atoms with Gasteiger partial charge in [-0.2, -0.15) is 13.2 Å². The Morgan fingerprint density at radius 2 is 1.92 bits per heavy atom. The van der Waals surface area contributed by atoms with Crippen LogP contribution in [0.4, 0.5) is 13.2 Å². The quantitative estimate of drug-likeness (QED) is 0.646. The first-order chi connectivity index (χ1) is 12.3. The van der Waals surface area contributed by atoms with E-state index >= 15 is 0 Å². The summed E-state index contributed by atoms with van der Waals surface area (Å²) < 4.78 is 44.6. The number of para-hydroxylation sites is 1. The van der Waals surface area contributed by atoms with Crippen LogP contribution in [0.2, 0.25) is 0 Å². The average molecular weight is 363 g/mol. The van der Waals surface area contributed by atoms with Gasteiger partial charge in [-0.05, 0) is 32.0 Å². The fourth-order valence-corrected chi connectivity index (χ4v) is 2.81. The summed E-state index contributed by atoms with van der Waals surface area (Å²) in [5, 5.41) is 0.658. The normalized spacial score (nSPS) is 11.7. The molecule has 0 aliphatic rings. The highest BCUT2D eigenvalue weighted by Gasteiger charge is 2.30. The van der Waals surface area contributed by atoms with Crippen LogP contribution in [0.15, 0.2) is 36.7 Å². The van der Waals surface area contributed by atoms with Gasteiger partial charge in [0.2, 0.25) is 11.7 Å². The number of halogens is 3. The van der Waals surface area contributed by atoms with Crippen molar-refractivity contribution in [3.63, 3.8) is 0 Å². The number of aryl methyl sites for hydroxylation is 1. The molecule has 0 amide bonds. The number of aromatic nitrogens is 3. The Balaban J connectivity index is 1.79. The molecule has 8 heteroatoms. The zero-order valence-corrected chi connectivity index (χ0v) is 14.2. The van der Waals surface area contributed by atoms with Crippen molar-refractivity contribution in [2.75, 3.05) is 6.61 Å². The number of ketones is 1. The molecule has 0 fully saturated rings. The van der Waals surface area contributed by atoms with Crippen molar-refractivity contribution in [1.82, 2.24) is 14.5 Å². The van der Waals surface area contributed by atoms with E-state index in [9.17, 15) is 18.0 Å². The van der Waals surface area contributed by atoms with E-state index in [2.05, 4.69) is 9.97 Å². The summed E-state index contributed by atoms with van der Waals surface area (Å²) in [5.74, 6) is -0.151. The summed E-state index contributed by atoms with van der Waals surface area (Å²) >= 11 is 0. The number of fused-ring (bicyclic) bond motifs is 1. The van der Waals surface area contributed by atoms with Crippen LogP contribution in [0.1, 0.15) is 21.7 Å². The Hall–Kier alpha value is -2.90. The third-order valence-electron chi connectivity index (χ3n) is 4.06. The summed E-state index contributed by atoms with van der Waals surface area (Å²) in [6.07, 6.45) is -3.03. The van der Waals surface area contributed by atoms with E-state index in [0.29, 0.717) is 16.6 Å². The number of nitrogens with zero attached hydrogens (tertiary/aromatic N) is 3. The molecular formula is C18H16F3N3O2. The number of ether oxygens (including phenoxy) is 1. The van der Waals surface area contributed by atoms with Crippen molar-refractivity contribution in [1.29, 1.82) is 0 Å². The van der Waals surface area contributed by atoms with Gasteiger partial charge >= 0.3 is 6.18 Å². The number of hydrogen-bond acceptors (Lipinski definition) is 4. The first-order valence-corrected chi connectivity index (χ1v) is 7.85. The lowest BCUT2D eigenvalue weighted by atomic mass is 10.1. The summed E-state index contributed by atoms with van der Waals surface area (Å²) in [4.78, 5) is 20.6. The van der Waals surface area contributed by atoms with Crippen LogP contribution in [-0.4, -0.2) is 33.1 Å². The van der Waals surface area contributed by atoms with Gasteiger partial charge < -0.3 is 9.30 Å². The Morgan fingerprint density at radius 1 is 1.19 bits per heavy atom. The van der Waals surface area contributed by atoms with E-state index < -0.39 is 18.5 Å². The van der Waals surface area contributed by atoms with Crippen LogP contribution < -0.4 is 4.74 Å². The van der Waals surface area contributed by atoms with E-state index in [0.717, 1.165) is 4.57 Å². The number of carbonyl (C=O) groups excluding carboxylic acids is 1. The van der Waals surface area contributed by atoms with Crippen LogP contribution in [0.25, 0.3) is 10.9 Å². The standard InChI is InChI=1S/C18H16F3N3O2/c1-11-7-14(12(2)24(11)9-18(19,20)21)16(25)8-26-17-13-5-3-4-6-15(13)22-10-23-17/h3-7,10H,8-9H2,1-2H3. The molecule has 0 aliphatic carbocycles. The second-order valence-electron chi connectivity index (χ2n) is 5.89. The van der Waals surface area contributed by atoms with Gasteiger partial charge in [0, 0.05) is 17.0 Å². The van der Waals surface area contributed by atoms with Crippen LogP contribution in [0, 0.1) is 13.8 Å². The molecule has 0 saturated heterocycles. The highest BCUT2D eigenvalue weighted by molar-refractivity contribution is 5.98. The van der Waals surface area contributed by atoms with Crippen LogP contribution in [0.3, 0.4) is 0 Å². The molecule has 0 saturated carbocycles. The maximum absolute atomic E-state index is 12.7. The fraction of sp³-hybridized carbons (Fsp3) is 0.278. The number of Topliss-reactive ketones (excluding diaryl/α,β-unsaturated/α-hetero) is 1. The van der Waals surface area contributed by atoms with E-state index in [1.54, 1.807) is 18.2 Å². The van der Waals surface area contributed by atoms with Crippen molar-refractivity contribution >= 4 is 16.7 Å².